The first kappa shape index (κ1) is 19.2. The summed E-state index contributed by atoms with van der Waals surface area (Å²) in [7, 11) is 0. The van der Waals surface area contributed by atoms with Crippen LogP contribution in [0.1, 0.15) is 41.6 Å². The van der Waals surface area contributed by atoms with E-state index in [-0.39, 0.29) is 24.1 Å². The first-order chi connectivity index (χ1) is 14.5. The maximum atomic E-state index is 12.7. The fourth-order valence-corrected chi connectivity index (χ4v) is 4.92. The Labute approximate surface area is 174 Å². The largest absolute Gasteiger partial charge is 0.326 e. The molecule has 0 aliphatic carbocycles. The fourth-order valence-electron chi connectivity index (χ4n) is 4.92. The first-order valence-corrected chi connectivity index (χ1v) is 10.5. The van der Waals surface area contributed by atoms with Gasteiger partial charge in [-0.3, -0.25) is 29.4 Å². The topological polar surface area (TPSA) is 111 Å². The van der Waals surface area contributed by atoms with Gasteiger partial charge < -0.3 is 15.5 Å². The molecule has 4 fully saturated rings. The third-order valence-corrected chi connectivity index (χ3v) is 6.46. The van der Waals surface area contributed by atoms with Crippen LogP contribution in [0.4, 0.5) is 5.69 Å². The van der Waals surface area contributed by atoms with E-state index in [0.29, 0.717) is 42.7 Å². The van der Waals surface area contributed by atoms with Gasteiger partial charge in [-0.05, 0) is 36.6 Å². The summed E-state index contributed by atoms with van der Waals surface area (Å²) in [5.41, 5.74) is 1.97. The molecule has 9 heteroatoms. The normalized spacial score (nSPS) is 28.1. The number of nitrogens with one attached hydrogen (secondary N) is 3. The van der Waals surface area contributed by atoms with Gasteiger partial charge in [0.25, 0.3) is 5.91 Å². The molecule has 5 aliphatic rings. The summed E-state index contributed by atoms with van der Waals surface area (Å²) < 4.78 is 0. The third-order valence-electron chi connectivity index (χ3n) is 6.46. The standard InChI is InChI=1S/C21H25N5O4/c27-18-4-3-17(20(29)24-18)26-9-12-7-13(1-2-16(12)21(26)30)23-19(28)5-6-25-10-14-8-15(11-25)22-14/h1-2,7,14-15,17,22H,3-6,8-11H2,(H,23,28)(H,24,27,29). The van der Waals surface area contributed by atoms with Crippen molar-refractivity contribution in [1.82, 2.24) is 20.4 Å². The van der Waals surface area contributed by atoms with Gasteiger partial charge in [0.1, 0.15) is 6.04 Å². The molecular weight excluding hydrogens is 386 g/mol. The molecule has 1 aromatic carbocycles. The van der Waals surface area contributed by atoms with Gasteiger partial charge >= 0.3 is 0 Å². The SMILES string of the molecule is O=C1CCC(N2Cc3cc(NC(=O)CCN4CC5CC(C4)N5)ccc3C2=O)C(=O)N1. The first-order valence-electron chi connectivity index (χ1n) is 10.5. The number of hydrogen-bond donors (Lipinski definition) is 3. The van der Waals surface area contributed by atoms with Gasteiger partial charge in [0.15, 0.2) is 0 Å². The third kappa shape index (κ3) is 3.59. The molecule has 2 bridgehead atoms. The molecule has 6 rings (SSSR count). The Bertz CT molecular complexity index is 916. The van der Waals surface area contributed by atoms with Crippen LogP contribution in [0.25, 0.3) is 0 Å². The molecule has 30 heavy (non-hydrogen) atoms. The predicted octanol–water partition coefficient (Wildman–Crippen LogP) is -0.178. The smallest absolute Gasteiger partial charge is 0.255 e. The highest BCUT2D eigenvalue weighted by Gasteiger charge is 2.39. The van der Waals surface area contributed by atoms with E-state index in [1.807, 2.05) is 0 Å². The second-order valence-electron chi connectivity index (χ2n) is 8.63. The average molecular weight is 411 g/mol. The molecular formula is C21H25N5O4. The van der Waals surface area contributed by atoms with E-state index in [1.165, 1.54) is 11.3 Å². The predicted molar refractivity (Wildman–Crippen MR) is 108 cm³/mol. The van der Waals surface area contributed by atoms with Crippen molar-refractivity contribution >= 4 is 29.3 Å². The van der Waals surface area contributed by atoms with E-state index in [1.54, 1.807) is 18.2 Å². The second kappa shape index (κ2) is 7.48. The molecule has 5 heterocycles. The maximum absolute atomic E-state index is 12.7. The van der Waals surface area contributed by atoms with Crippen LogP contribution in [0.15, 0.2) is 18.2 Å². The summed E-state index contributed by atoms with van der Waals surface area (Å²) in [5.74, 6) is -0.988. The summed E-state index contributed by atoms with van der Waals surface area (Å²) >= 11 is 0. The molecule has 0 radical (unpaired) electrons. The van der Waals surface area contributed by atoms with Crippen LogP contribution < -0.4 is 16.0 Å². The fraction of sp³-hybridized carbons (Fsp3) is 0.524. The van der Waals surface area contributed by atoms with Crippen molar-refractivity contribution in [1.29, 1.82) is 0 Å². The summed E-state index contributed by atoms with van der Waals surface area (Å²) in [4.78, 5) is 52.5. The monoisotopic (exact) mass is 411 g/mol. The number of anilines is 1. The molecule has 1 aromatic rings. The van der Waals surface area contributed by atoms with E-state index in [4.69, 9.17) is 0 Å². The molecule has 5 aliphatic heterocycles. The van der Waals surface area contributed by atoms with Gasteiger partial charge in [-0.25, -0.2) is 0 Å². The Balaban J connectivity index is 1.18. The van der Waals surface area contributed by atoms with Crippen LogP contribution >= 0.6 is 0 Å². The van der Waals surface area contributed by atoms with Gasteiger partial charge in [0.05, 0.1) is 0 Å². The number of imide groups is 1. The van der Waals surface area contributed by atoms with Crippen LogP contribution in [-0.2, 0) is 20.9 Å². The van der Waals surface area contributed by atoms with Crippen molar-refractivity contribution in [3.05, 3.63) is 29.3 Å². The number of fused-ring (bicyclic) bond motifs is 3. The minimum Gasteiger partial charge on any atom is -0.326 e. The number of piperidine rings is 2. The van der Waals surface area contributed by atoms with E-state index < -0.39 is 11.9 Å². The van der Waals surface area contributed by atoms with Crippen LogP contribution in [0, 0.1) is 0 Å². The summed E-state index contributed by atoms with van der Waals surface area (Å²) in [5, 5.41) is 8.70. The van der Waals surface area contributed by atoms with Gasteiger partial charge in [0, 0.05) is 62.4 Å². The second-order valence-corrected chi connectivity index (χ2v) is 8.63. The van der Waals surface area contributed by atoms with E-state index >= 15 is 0 Å². The highest BCUT2D eigenvalue weighted by Crippen LogP contribution is 2.29. The summed E-state index contributed by atoms with van der Waals surface area (Å²) in [6.45, 7) is 3.04. The van der Waals surface area contributed by atoms with Crippen LogP contribution in [0.2, 0.25) is 0 Å². The lowest BCUT2D eigenvalue weighted by Gasteiger charge is -2.48. The lowest BCUT2D eigenvalue weighted by molar-refractivity contribution is -0.137. The van der Waals surface area contributed by atoms with Crippen LogP contribution in [-0.4, -0.2) is 71.2 Å². The molecule has 0 saturated carbocycles. The van der Waals surface area contributed by atoms with Gasteiger partial charge in [0.2, 0.25) is 17.7 Å². The minimum atomic E-state index is -0.633. The lowest BCUT2D eigenvalue weighted by Crippen LogP contribution is -2.66. The summed E-state index contributed by atoms with van der Waals surface area (Å²) in [6, 6.07) is 5.75. The van der Waals surface area contributed by atoms with Crippen molar-refractivity contribution in [2.75, 3.05) is 25.0 Å². The van der Waals surface area contributed by atoms with Crippen LogP contribution in [0.3, 0.4) is 0 Å². The molecule has 3 unspecified atom stereocenters. The number of amides is 4. The van der Waals surface area contributed by atoms with Crippen LogP contribution in [0.5, 0.6) is 0 Å². The number of hydrogen-bond acceptors (Lipinski definition) is 6. The highest BCUT2D eigenvalue weighted by molar-refractivity contribution is 6.05. The quantitative estimate of drug-likeness (QED) is 0.580. The number of carbonyl (C=O) groups is 4. The zero-order valence-corrected chi connectivity index (χ0v) is 16.6. The van der Waals surface area contributed by atoms with E-state index in [9.17, 15) is 19.2 Å². The molecule has 9 nitrogen and oxygen atoms in total. The summed E-state index contributed by atoms with van der Waals surface area (Å²) in [6.07, 6.45) is 2.23. The zero-order valence-electron chi connectivity index (χ0n) is 16.6. The molecule has 158 valence electrons. The zero-order chi connectivity index (χ0) is 20.8. The van der Waals surface area contributed by atoms with E-state index in [2.05, 4.69) is 20.9 Å². The Kier molecular flexibility index (Phi) is 4.79. The van der Waals surface area contributed by atoms with Gasteiger partial charge in [-0.2, -0.15) is 0 Å². The highest BCUT2D eigenvalue weighted by atomic mass is 16.2. The minimum absolute atomic E-state index is 0.0477. The lowest BCUT2D eigenvalue weighted by atomic mass is 9.91. The molecule has 3 N–H and O–H groups in total. The number of carbonyl (C=O) groups excluding carboxylic acids is 4. The van der Waals surface area contributed by atoms with Crippen molar-refractivity contribution in [3.8, 4) is 0 Å². The molecule has 4 amide bonds. The van der Waals surface area contributed by atoms with Gasteiger partial charge in [-0.15, -0.1) is 0 Å². The van der Waals surface area contributed by atoms with Crippen molar-refractivity contribution < 1.29 is 19.2 Å². The molecule has 0 spiro atoms. The van der Waals surface area contributed by atoms with Gasteiger partial charge in [-0.1, -0.05) is 0 Å². The van der Waals surface area contributed by atoms with Crippen molar-refractivity contribution in [2.45, 2.75) is 50.4 Å². The molecule has 4 saturated heterocycles. The Hall–Kier alpha value is -2.78. The molecule has 3 atom stereocenters. The Morgan fingerprint density at radius 2 is 1.93 bits per heavy atom. The molecule has 0 aromatic heterocycles. The Morgan fingerprint density at radius 3 is 2.67 bits per heavy atom. The number of nitrogens with zero attached hydrogens (tertiary/aromatic N) is 2. The van der Waals surface area contributed by atoms with E-state index in [0.717, 1.165) is 25.2 Å². The van der Waals surface area contributed by atoms with Crippen molar-refractivity contribution in [2.24, 2.45) is 0 Å². The number of rotatable bonds is 5. The van der Waals surface area contributed by atoms with Crippen molar-refractivity contribution in [3.63, 3.8) is 0 Å². The number of benzene rings is 1. The Morgan fingerprint density at radius 1 is 1.17 bits per heavy atom. The maximum Gasteiger partial charge on any atom is 0.255 e. The number of piperazine rings is 1. The average Bonchev–Trinajstić information content (AvgIpc) is 3.02.